The smallest absolute Gasteiger partial charge is 0.122 e. The van der Waals surface area contributed by atoms with Crippen molar-refractivity contribution in [3.63, 3.8) is 0 Å². The van der Waals surface area contributed by atoms with Gasteiger partial charge in [0.05, 0.1) is 26.9 Å². The van der Waals surface area contributed by atoms with E-state index in [1.807, 2.05) is 0 Å². The lowest BCUT2D eigenvalue weighted by Crippen LogP contribution is -2.22. The fourth-order valence-corrected chi connectivity index (χ4v) is 2.09. The van der Waals surface area contributed by atoms with Crippen molar-refractivity contribution in [2.75, 3.05) is 26.9 Å². The van der Waals surface area contributed by atoms with E-state index in [1.165, 1.54) is 5.56 Å². The van der Waals surface area contributed by atoms with Crippen LogP contribution in [0, 0.1) is 0 Å². The topological polar surface area (TPSA) is 27.7 Å². The quantitative estimate of drug-likeness (QED) is 0.807. The molecule has 0 aliphatic carbocycles. The van der Waals surface area contributed by atoms with E-state index >= 15 is 0 Å². The average Bonchev–Trinajstić information content (AvgIpc) is 2.39. The van der Waals surface area contributed by atoms with Crippen LogP contribution in [0.15, 0.2) is 18.2 Å². The van der Waals surface area contributed by atoms with Gasteiger partial charge in [-0.05, 0) is 23.1 Å². The summed E-state index contributed by atoms with van der Waals surface area (Å²) in [6.07, 6.45) is 0.0406. The van der Waals surface area contributed by atoms with Crippen LogP contribution in [0.3, 0.4) is 0 Å². The molecule has 0 amide bonds. The van der Waals surface area contributed by atoms with Crippen LogP contribution < -0.4 is 4.74 Å². The Morgan fingerprint density at radius 1 is 1.29 bits per heavy atom. The summed E-state index contributed by atoms with van der Waals surface area (Å²) in [5.41, 5.74) is 2.36. The van der Waals surface area contributed by atoms with Crippen LogP contribution in [-0.4, -0.2) is 26.9 Å². The number of rotatable bonds is 3. The molecule has 1 aromatic carbocycles. The second-order valence-corrected chi connectivity index (χ2v) is 4.59. The number of ether oxygens (including phenoxy) is 3. The Bertz CT molecular complexity index is 368. The Hall–Kier alpha value is -1.06. The van der Waals surface area contributed by atoms with Crippen LogP contribution in [-0.2, 0) is 9.47 Å². The lowest BCUT2D eigenvalue weighted by molar-refractivity contribution is -0.0902. The van der Waals surface area contributed by atoms with Gasteiger partial charge >= 0.3 is 0 Å². The van der Waals surface area contributed by atoms with E-state index in [1.54, 1.807) is 7.11 Å². The third-order valence-corrected chi connectivity index (χ3v) is 3.07. The van der Waals surface area contributed by atoms with Gasteiger partial charge in [-0.3, -0.25) is 0 Å². The van der Waals surface area contributed by atoms with Gasteiger partial charge in [0.25, 0.3) is 0 Å². The Morgan fingerprint density at radius 3 is 2.71 bits per heavy atom. The summed E-state index contributed by atoms with van der Waals surface area (Å²) < 4.78 is 16.5. The number of benzene rings is 1. The van der Waals surface area contributed by atoms with Crippen LogP contribution in [0.1, 0.15) is 37.0 Å². The Morgan fingerprint density at radius 2 is 2.12 bits per heavy atom. The molecule has 1 aliphatic rings. The van der Waals surface area contributed by atoms with Crippen molar-refractivity contribution in [1.29, 1.82) is 0 Å². The molecule has 1 saturated heterocycles. The molecule has 17 heavy (non-hydrogen) atoms. The lowest BCUT2D eigenvalue weighted by Gasteiger charge is -2.24. The molecule has 0 aromatic heterocycles. The van der Waals surface area contributed by atoms with Gasteiger partial charge in [-0.15, -0.1) is 0 Å². The van der Waals surface area contributed by atoms with E-state index in [2.05, 4.69) is 32.0 Å². The highest BCUT2D eigenvalue weighted by atomic mass is 16.6. The standard InChI is InChI=1S/C14H20O3/c1-10(2)12-5-4-11(8-13(12)15-3)14-9-16-6-7-17-14/h4-5,8,10,14H,6-7,9H2,1-3H3/t14-/m0/s1. The summed E-state index contributed by atoms with van der Waals surface area (Å²) >= 11 is 0. The monoisotopic (exact) mass is 236 g/mol. The van der Waals surface area contributed by atoms with Crippen LogP contribution in [0.5, 0.6) is 5.75 Å². The summed E-state index contributed by atoms with van der Waals surface area (Å²) in [4.78, 5) is 0. The zero-order valence-electron chi connectivity index (χ0n) is 10.7. The Kier molecular flexibility index (Phi) is 4.02. The van der Waals surface area contributed by atoms with Crippen LogP contribution >= 0.6 is 0 Å². The fraction of sp³-hybridized carbons (Fsp3) is 0.571. The highest BCUT2D eigenvalue weighted by molar-refractivity contribution is 5.40. The Labute approximate surface area is 103 Å². The van der Waals surface area contributed by atoms with Gasteiger partial charge in [0.15, 0.2) is 0 Å². The fourth-order valence-electron chi connectivity index (χ4n) is 2.09. The van der Waals surface area contributed by atoms with Crippen molar-refractivity contribution < 1.29 is 14.2 Å². The summed E-state index contributed by atoms with van der Waals surface area (Å²) in [5.74, 6) is 1.40. The van der Waals surface area contributed by atoms with E-state index in [0.29, 0.717) is 25.7 Å². The molecule has 1 aliphatic heterocycles. The van der Waals surface area contributed by atoms with Crippen molar-refractivity contribution in [1.82, 2.24) is 0 Å². The largest absolute Gasteiger partial charge is 0.496 e. The normalized spacial score (nSPS) is 20.6. The molecule has 2 rings (SSSR count). The summed E-state index contributed by atoms with van der Waals surface area (Å²) in [7, 11) is 1.71. The van der Waals surface area contributed by atoms with Gasteiger partial charge in [-0.2, -0.15) is 0 Å². The maximum atomic E-state index is 5.68. The van der Waals surface area contributed by atoms with E-state index in [9.17, 15) is 0 Å². The minimum atomic E-state index is 0.0406. The molecular weight excluding hydrogens is 216 g/mol. The minimum Gasteiger partial charge on any atom is -0.496 e. The first-order valence-electron chi connectivity index (χ1n) is 6.09. The van der Waals surface area contributed by atoms with Gasteiger partial charge in [0, 0.05) is 0 Å². The number of hydrogen-bond acceptors (Lipinski definition) is 3. The maximum absolute atomic E-state index is 5.68. The molecule has 0 radical (unpaired) electrons. The van der Waals surface area contributed by atoms with E-state index in [-0.39, 0.29) is 6.10 Å². The zero-order chi connectivity index (χ0) is 12.3. The van der Waals surface area contributed by atoms with Crippen molar-refractivity contribution in [2.45, 2.75) is 25.9 Å². The van der Waals surface area contributed by atoms with Crippen molar-refractivity contribution >= 4 is 0 Å². The number of methoxy groups -OCH3 is 1. The first-order chi connectivity index (χ1) is 8.22. The summed E-state index contributed by atoms with van der Waals surface area (Å²) in [6, 6.07) is 6.29. The molecule has 94 valence electrons. The van der Waals surface area contributed by atoms with Gasteiger partial charge < -0.3 is 14.2 Å². The highest BCUT2D eigenvalue weighted by Crippen LogP contribution is 2.31. The molecule has 3 heteroatoms. The van der Waals surface area contributed by atoms with E-state index in [4.69, 9.17) is 14.2 Å². The predicted octanol–water partition coefficient (Wildman–Crippen LogP) is 2.91. The number of hydrogen-bond donors (Lipinski definition) is 0. The second-order valence-electron chi connectivity index (χ2n) is 4.59. The lowest BCUT2D eigenvalue weighted by atomic mass is 9.98. The summed E-state index contributed by atoms with van der Waals surface area (Å²) in [5, 5.41) is 0. The average molecular weight is 236 g/mol. The maximum Gasteiger partial charge on any atom is 0.122 e. The first kappa shape index (κ1) is 12.4. The third-order valence-electron chi connectivity index (χ3n) is 3.07. The van der Waals surface area contributed by atoms with Gasteiger partial charge in [-0.1, -0.05) is 26.0 Å². The van der Waals surface area contributed by atoms with Gasteiger partial charge in [0.2, 0.25) is 0 Å². The van der Waals surface area contributed by atoms with Crippen molar-refractivity contribution in [2.24, 2.45) is 0 Å². The molecular formula is C14H20O3. The van der Waals surface area contributed by atoms with Crippen molar-refractivity contribution in [3.8, 4) is 5.75 Å². The van der Waals surface area contributed by atoms with Crippen LogP contribution in [0.4, 0.5) is 0 Å². The molecule has 0 saturated carbocycles. The summed E-state index contributed by atoms with van der Waals surface area (Å²) in [6.45, 7) is 6.32. The minimum absolute atomic E-state index is 0.0406. The van der Waals surface area contributed by atoms with Crippen LogP contribution in [0.25, 0.3) is 0 Å². The van der Waals surface area contributed by atoms with Gasteiger partial charge in [-0.25, -0.2) is 0 Å². The SMILES string of the molecule is COc1cc([C@@H]2COCCO2)ccc1C(C)C. The Balaban J connectivity index is 2.24. The molecule has 0 unspecified atom stereocenters. The van der Waals surface area contributed by atoms with Gasteiger partial charge in [0.1, 0.15) is 11.9 Å². The third kappa shape index (κ3) is 2.79. The molecule has 0 bridgehead atoms. The molecule has 1 atom stereocenters. The van der Waals surface area contributed by atoms with E-state index < -0.39 is 0 Å². The molecule has 1 aromatic rings. The highest BCUT2D eigenvalue weighted by Gasteiger charge is 2.18. The predicted molar refractivity (Wildman–Crippen MR) is 66.6 cm³/mol. The molecule has 3 nitrogen and oxygen atoms in total. The molecule has 1 heterocycles. The molecule has 0 N–H and O–H groups in total. The van der Waals surface area contributed by atoms with E-state index in [0.717, 1.165) is 11.3 Å². The molecule has 1 fully saturated rings. The van der Waals surface area contributed by atoms with Crippen molar-refractivity contribution in [3.05, 3.63) is 29.3 Å². The first-order valence-corrected chi connectivity index (χ1v) is 6.09. The zero-order valence-corrected chi connectivity index (χ0v) is 10.7. The van der Waals surface area contributed by atoms with Crippen LogP contribution in [0.2, 0.25) is 0 Å². The molecule has 0 spiro atoms. The second kappa shape index (κ2) is 5.52.